The lowest BCUT2D eigenvalue weighted by atomic mass is 10.3. The molecule has 0 aromatic carbocycles. The molecule has 0 spiro atoms. The van der Waals surface area contributed by atoms with E-state index in [1.165, 1.54) is 0 Å². The molecule has 0 aliphatic carbocycles. The number of morpholine rings is 1. The van der Waals surface area contributed by atoms with Crippen molar-refractivity contribution >= 4 is 24.3 Å². The summed E-state index contributed by atoms with van der Waals surface area (Å²) in [5.41, 5.74) is -1.02. The fourth-order valence-electron chi connectivity index (χ4n) is 1.81. The number of rotatable bonds is 5. The zero-order valence-electron chi connectivity index (χ0n) is 12.0. The summed E-state index contributed by atoms with van der Waals surface area (Å²) in [6, 6.07) is 0.792. The fourth-order valence-corrected chi connectivity index (χ4v) is 1.81. The van der Waals surface area contributed by atoms with Gasteiger partial charge in [-0.25, -0.2) is 9.97 Å². The molecular weight excluding hydrogens is 339 g/mol. The van der Waals surface area contributed by atoms with Crippen molar-refractivity contribution in [2.75, 3.05) is 38.1 Å². The summed E-state index contributed by atoms with van der Waals surface area (Å²) in [5.74, 6) is -0.404. The quantitative estimate of drug-likeness (QED) is 0.664. The Bertz CT molecular complexity index is 512. The lowest BCUT2D eigenvalue weighted by Gasteiger charge is -2.22. The molecule has 1 aromatic rings. The van der Waals surface area contributed by atoms with Crippen molar-refractivity contribution in [3.63, 3.8) is 0 Å². The van der Waals surface area contributed by atoms with Crippen molar-refractivity contribution < 1.29 is 22.7 Å². The number of carbonyl (C=O) groups is 1. The van der Waals surface area contributed by atoms with Gasteiger partial charge in [-0.3, -0.25) is 4.79 Å². The molecule has 1 aliphatic rings. The van der Waals surface area contributed by atoms with Crippen LogP contribution in [0.3, 0.4) is 0 Å². The summed E-state index contributed by atoms with van der Waals surface area (Å²) in [6.45, 7) is 2.04. The first-order valence-electron chi connectivity index (χ1n) is 6.71. The highest BCUT2D eigenvalue weighted by Gasteiger charge is 2.32. The van der Waals surface area contributed by atoms with E-state index in [-0.39, 0.29) is 37.4 Å². The van der Waals surface area contributed by atoms with Gasteiger partial charge in [0.1, 0.15) is 11.8 Å². The van der Waals surface area contributed by atoms with Crippen LogP contribution in [0, 0.1) is 0 Å². The second-order valence-corrected chi connectivity index (χ2v) is 4.54. The molecule has 1 aliphatic heterocycles. The summed E-state index contributed by atoms with van der Waals surface area (Å²) in [6.07, 6.45) is -4.03. The van der Waals surface area contributed by atoms with E-state index in [2.05, 4.69) is 25.9 Å². The first kappa shape index (κ1) is 19.4. The number of anilines is 1. The third kappa shape index (κ3) is 6.16. The molecule has 7 nitrogen and oxygen atoms in total. The molecule has 1 atom stereocenters. The predicted octanol–water partition coefficient (Wildman–Crippen LogP) is 0.434. The second kappa shape index (κ2) is 8.85. The average molecular weight is 356 g/mol. The van der Waals surface area contributed by atoms with Gasteiger partial charge >= 0.3 is 6.18 Å². The van der Waals surface area contributed by atoms with E-state index in [1.807, 2.05) is 0 Å². The minimum absolute atomic E-state index is 0. The van der Waals surface area contributed by atoms with Crippen molar-refractivity contribution in [3.05, 3.63) is 18.0 Å². The van der Waals surface area contributed by atoms with Crippen LogP contribution in [-0.2, 0) is 15.7 Å². The Balaban J connectivity index is 0.00000264. The first-order valence-corrected chi connectivity index (χ1v) is 6.71. The molecular formula is C12H17ClF3N5O2. The summed E-state index contributed by atoms with van der Waals surface area (Å²) < 4.78 is 42.7. The van der Waals surface area contributed by atoms with Gasteiger partial charge in [0, 0.05) is 32.4 Å². The van der Waals surface area contributed by atoms with Crippen molar-refractivity contribution in [1.29, 1.82) is 0 Å². The third-order valence-corrected chi connectivity index (χ3v) is 2.87. The van der Waals surface area contributed by atoms with Gasteiger partial charge in [-0.1, -0.05) is 0 Å². The Morgan fingerprint density at radius 3 is 2.87 bits per heavy atom. The molecule has 1 unspecified atom stereocenters. The van der Waals surface area contributed by atoms with Gasteiger partial charge in [-0.2, -0.15) is 13.2 Å². The zero-order valence-corrected chi connectivity index (χ0v) is 12.8. The molecule has 1 saturated heterocycles. The topological polar surface area (TPSA) is 88.2 Å². The monoisotopic (exact) mass is 355 g/mol. The number of carbonyl (C=O) groups excluding carboxylic acids is 1. The molecule has 1 fully saturated rings. The number of alkyl halides is 3. The largest absolute Gasteiger partial charge is 0.433 e. The van der Waals surface area contributed by atoms with Gasteiger partial charge in [-0.05, 0) is 6.07 Å². The lowest BCUT2D eigenvalue weighted by molar-refractivity contribution is -0.141. The number of ether oxygens (including phenoxy) is 1. The van der Waals surface area contributed by atoms with Crippen LogP contribution >= 0.6 is 12.4 Å². The number of amides is 1. The maximum Gasteiger partial charge on any atom is 0.433 e. The van der Waals surface area contributed by atoms with Gasteiger partial charge in [0.15, 0.2) is 0 Å². The van der Waals surface area contributed by atoms with Gasteiger partial charge in [0.05, 0.1) is 6.61 Å². The number of aromatic nitrogens is 2. The highest BCUT2D eigenvalue weighted by molar-refractivity contribution is 5.85. The minimum atomic E-state index is -4.51. The van der Waals surface area contributed by atoms with Gasteiger partial charge in [0.2, 0.25) is 5.95 Å². The van der Waals surface area contributed by atoms with Crippen LogP contribution in [0.2, 0.25) is 0 Å². The van der Waals surface area contributed by atoms with E-state index in [9.17, 15) is 18.0 Å². The zero-order chi connectivity index (χ0) is 16.0. The summed E-state index contributed by atoms with van der Waals surface area (Å²) >= 11 is 0. The van der Waals surface area contributed by atoms with Crippen molar-refractivity contribution in [3.8, 4) is 0 Å². The van der Waals surface area contributed by atoms with Crippen LogP contribution in [0.1, 0.15) is 5.69 Å². The summed E-state index contributed by atoms with van der Waals surface area (Å²) in [4.78, 5) is 18.8. The van der Waals surface area contributed by atoms with Crippen LogP contribution in [0.4, 0.5) is 19.1 Å². The number of nitrogens with one attached hydrogen (secondary N) is 3. The van der Waals surface area contributed by atoms with E-state index >= 15 is 0 Å². The lowest BCUT2D eigenvalue weighted by Crippen LogP contribution is -2.48. The molecule has 11 heteroatoms. The van der Waals surface area contributed by atoms with E-state index < -0.39 is 18.0 Å². The Morgan fingerprint density at radius 2 is 2.22 bits per heavy atom. The average Bonchev–Trinajstić information content (AvgIpc) is 2.52. The molecule has 0 bridgehead atoms. The van der Waals surface area contributed by atoms with Crippen LogP contribution < -0.4 is 16.0 Å². The minimum Gasteiger partial charge on any atom is -0.366 e. The van der Waals surface area contributed by atoms with Crippen molar-refractivity contribution in [2.24, 2.45) is 0 Å². The summed E-state index contributed by atoms with van der Waals surface area (Å²) in [7, 11) is 0. The number of nitrogens with zero attached hydrogens (tertiary/aromatic N) is 2. The molecule has 3 N–H and O–H groups in total. The van der Waals surface area contributed by atoms with E-state index in [1.54, 1.807) is 0 Å². The maximum absolute atomic E-state index is 12.5. The standard InChI is InChI=1S/C12H16F3N5O2.ClH/c13-12(14,15)9-1-2-18-11(20-9)19-4-3-17-10(21)8-7-16-5-6-22-8;/h1-2,8,16H,3-7H2,(H,17,21)(H,18,19,20);1H. The maximum atomic E-state index is 12.5. The van der Waals surface area contributed by atoms with Gasteiger partial charge in [-0.15, -0.1) is 12.4 Å². The molecule has 1 amide bonds. The van der Waals surface area contributed by atoms with E-state index in [4.69, 9.17) is 4.74 Å². The van der Waals surface area contributed by atoms with Gasteiger partial charge in [0.25, 0.3) is 5.91 Å². The Morgan fingerprint density at radius 1 is 1.43 bits per heavy atom. The highest BCUT2D eigenvalue weighted by atomic mass is 35.5. The van der Waals surface area contributed by atoms with Gasteiger partial charge < -0.3 is 20.7 Å². The smallest absolute Gasteiger partial charge is 0.366 e. The first-order chi connectivity index (χ1) is 10.5. The predicted molar refractivity (Wildman–Crippen MR) is 78.4 cm³/mol. The molecule has 1 aromatic heterocycles. The Hall–Kier alpha value is -1.65. The van der Waals surface area contributed by atoms with Crippen LogP contribution in [-0.4, -0.2) is 54.8 Å². The number of hydrogen-bond donors (Lipinski definition) is 3. The number of hydrogen-bond acceptors (Lipinski definition) is 6. The molecule has 2 heterocycles. The Labute approximate surface area is 136 Å². The van der Waals surface area contributed by atoms with Crippen molar-refractivity contribution in [2.45, 2.75) is 12.3 Å². The van der Waals surface area contributed by atoms with Crippen molar-refractivity contribution in [1.82, 2.24) is 20.6 Å². The SMILES string of the molecule is Cl.O=C(NCCNc1nccc(C(F)(F)F)n1)C1CNCCO1. The Kier molecular flexibility index (Phi) is 7.46. The van der Waals surface area contributed by atoms with Crippen LogP contribution in [0.25, 0.3) is 0 Å². The summed E-state index contributed by atoms with van der Waals surface area (Å²) in [5, 5.41) is 8.27. The number of halogens is 4. The van der Waals surface area contributed by atoms with E-state index in [0.29, 0.717) is 19.7 Å². The third-order valence-electron chi connectivity index (χ3n) is 2.87. The highest BCUT2D eigenvalue weighted by Crippen LogP contribution is 2.27. The van der Waals surface area contributed by atoms with Crippen LogP contribution in [0.5, 0.6) is 0 Å². The molecule has 130 valence electrons. The molecule has 2 rings (SSSR count). The second-order valence-electron chi connectivity index (χ2n) is 4.54. The van der Waals surface area contributed by atoms with E-state index in [0.717, 1.165) is 12.3 Å². The molecule has 0 radical (unpaired) electrons. The molecule has 23 heavy (non-hydrogen) atoms. The normalized spacial score (nSPS) is 18.0. The fraction of sp³-hybridized carbons (Fsp3) is 0.583. The molecule has 0 saturated carbocycles. The van der Waals surface area contributed by atoms with Crippen LogP contribution in [0.15, 0.2) is 12.3 Å².